The first kappa shape index (κ1) is 14.4. The van der Waals surface area contributed by atoms with Gasteiger partial charge in [-0.3, -0.25) is 4.90 Å². The van der Waals surface area contributed by atoms with E-state index in [2.05, 4.69) is 30.1 Å². The van der Waals surface area contributed by atoms with Crippen molar-refractivity contribution in [3.8, 4) is 0 Å². The van der Waals surface area contributed by atoms with Crippen LogP contribution in [0.3, 0.4) is 0 Å². The highest BCUT2D eigenvalue weighted by Crippen LogP contribution is 1.98. The molecule has 98 valence electrons. The second-order valence-electron chi connectivity index (χ2n) is 4.32. The molecule has 0 aromatic carbocycles. The molecule has 1 fully saturated rings. The average molecular weight is 239 g/mol. The third-order valence-electron chi connectivity index (χ3n) is 2.92. The fraction of sp³-hybridized carbons (Fsp3) is 0.714. The average Bonchev–Trinajstić information content (AvgIpc) is 2.38. The van der Waals surface area contributed by atoms with Gasteiger partial charge in [0.15, 0.2) is 0 Å². The number of hydrogen-bond acceptors (Lipinski definition) is 3. The first-order chi connectivity index (χ1) is 8.33. The molecule has 0 spiro atoms. The molecule has 0 N–H and O–H groups in total. The third-order valence-corrected chi connectivity index (χ3v) is 2.92. The van der Waals surface area contributed by atoms with Crippen molar-refractivity contribution >= 4 is 0 Å². The van der Waals surface area contributed by atoms with E-state index in [1.165, 1.54) is 5.57 Å². The molecular weight excluding hydrogens is 214 g/mol. The predicted molar refractivity (Wildman–Crippen MR) is 71.3 cm³/mol. The highest BCUT2D eigenvalue weighted by atomic mass is 16.5. The van der Waals surface area contributed by atoms with E-state index in [4.69, 9.17) is 9.47 Å². The fourth-order valence-electron chi connectivity index (χ4n) is 1.70. The van der Waals surface area contributed by atoms with Crippen LogP contribution < -0.4 is 0 Å². The van der Waals surface area contributed by atoms with Crippen molar-refractivity contribution in [1.82, 2.24) is 4.90 Å². The Morgan fingerprint density at radius 1 is 1.35 bits per heavy atom. The maximum Gasteiger partial charge on any atom is 0.0650 e. The molecule has 0 aromatic heterocycles. The second kappa shape index (κ2) is 9.40. The van der Waals surface area contributed by atoms with Gasteiger partial charge in [-0.25, -0.2) is 0 Å². The van der Waals surface area contributed by atoms with Gasteiger partial charge < -0.3 is 9.47 Å². The number of morpholine rings is 1. The van der Waals surface area contributed by atoms with Gasteiger partial charge in [-0.15, -0.1) is 0 Å². The topological polar surface area (TPSA) is 21.7 Å². The van der Waals surface area contributed by atoms with Crippen LogP contribution in [0.5, 0.6) is 0 Å². The van der Waals surface area contributed by atoms with Gasteiger partial charge >= 0.3 is 0 Å². The van der Waals surface area contributed by atoms with Crippen molar-refractivity contribution in [2.75, 3.05) is 46.1 Å². The monoisotopic (exact) mass is 239 g/mol. The van der Waals surface area contributed by atoms with E-state index in [0.29, 0.717) is 6.61 Å². The highest BCUT2D eigenvalue weighted by molar-refractivity contribution is 5.14. The molecule has 0 aliphatic carbocycles. The van der Waals surface area contributed by atoms with Gasteiger partial charge in [-0.1, -0.05) is 23.8 Å². The minimum Gasteiger partial charge on any atom is -0.379 e. The molecule has 3 nitrogen and oxygen atoms in total. The lowest BCUT2D eigenvalue weighted by atomic mass is 10.3. The van der Waals surface area contributed by atoms with Gasteiger partial charge in [0.1, 0.15) is 0 Å². The molecule has 1 saturated heterocycles. The summed E-state index contributed by atoms with van der Waals surface area (Å²) in [5.41, 5.74) is 1.28. The van der Waals surface area contributed by atoms with Crippen LogP contribution in [-0.2, 0) is 9.47 Å². The normalized spacial score (nSPS) is 19.1. The number of hydrogen-bond donors (Lipinski definition) is 0. The quantitative estimate of drug-likeness (QED) is 0.502. The predicted octanol–water partition coefficient (Wildman–Crippen LogP) is 2.25. The molecule has 0 radical (unpaired) electrons. The Labute approximate surface area is 105 Å². The van der Waals surface area contributed by atoms with E-state index in [-0.39, 0.29) is 0 Å². The van der Waals surface area contributed by atoms with Crippen molar-refractivity contribution in [1.29, 1.82) is 0 Å². The Bertz CT molecular complexity index is 243. The van der Waals surface area contributed by atoms with Gasteiger partial charge in [0, 0.05) is 26.2 Å². The molecular formula is C14H25NO2. The van der Waals surface area contributed by atoms with Gasteiger partial charge in [-0.05, 0) is 20.3 Å². The summed E-state index contributed by atoms with van der Waals surface area (Å²) in [5, 5.41) is 0. The Morgan fingerprint density at radius 3 is 2.82 bits per heavy atom. The summed E-state index contributed by atoms with van der Waals surface area (Å²) in [5.74, 6) is 0. The maximum absolute atomic E-state index is 5.55. The molecule has 1 rings (SSSR count). The zero-order chi connectivity index (χ0) is 12.3. The minimum absolute atomic E-state index is 0.717. The Morgan fingerprint density at radius 2 is 2.12 bits per heavy atom. The summed E-state index contributed by atoms with van der Waals surface area (Å²) in [4.78, 5) is 2.44. The summed E-state index contributed by atoms with van der Waals surface area (Å²) in [7, 11) is 0. The van der Waals surface area contributed by atoms with Crippen LogP contribution in [0, 0.1) is 0 Å². The van der Waals surface area contributed by atoms with E-state index in [1.807, 2.05) is 6.92 Å². The molecule has 1 heterocycles. The van der Waals surface area contributed by atoms with Crippen molar-refractivity contribution in [3.05, 3.63) is 23.8 Å². The Balaban J connectivity index is 1.92. The van der Waals surface area contributed by atoms with E-state index < -0.39 is 0 Å². The second-order valence-corrected chi connectivity index (χ2v) is 4.32. The first-order valence-electron chi connectivity index (χ1n) is 6.50. The molecule has 0 aromatic rings. The minimum atomic E-state index is 0.717. The van der Waals surface area contributed by atoms with Crippen LogP contribution in [0.15, 0.2) is 23.8 Å². The summed E-state index contributed by atoms with van der Waals surface area (Å²) in [6, 6.07) is 0. The number of nitrogens with zero attached hydrogens (tertiary/aromatic N) is 1. The van der Waals surface area contributed by atoms with Crippen molar-refractivity contribution in [2.45, 2.75) is 20.3 Å². The largest absolute Gasteiger partial charge is 0.379 e. The zero-order valence-electron chi connectivity index (χ0n) is 11.2. The van der Waals surface area contributed by atoms with E-state index >= 15 is 0 Å². The number of ether oxygens (including phenoxy) is 2. The van der Waals surface area contributed by atoms with Crippen LogP contribution in [-0.4, -0.2) is 51.0 Å². The van der Waals surface area contributed by atoms with E-state index in [1.54, 1.807) is 0 Å². The van der Waals surface area contributed by atoms with Gasteiger partial charge in [0.2, 0.25) is 0 Å². The SMILES string of the molecule is C/C=C(C)\C=C/COCCCN1CCOCC1. The van der Waals surface area contributed by atoms with E-state index in [9.17, 15) is 0 Å². The van der Waals surface area contributed by atoms with Gasteiger partial charge in [0.05, 0.1) is 19.8 Å². The lowest BCUT2D eigenvalue weighted by molar-refractivity contribution is 0.0330. The smallest absolute Gasteiger partial charge is 0.0650 e. The highest BCUT2D eigenvalue weighted by Gasteiger charge is 2.08. The Kier molecular flexibility index (Phi) is 7.97. The molecule has 17 heavy (non-hydrogen) atoms. The van der Waals surface area contributed by atoms with Crippen LogP contribution in [0.4, 0.5) is 0 Å². The molecule has 1 aliphatic heterocycles. The van der Waals surface area contributed by atoms with Crippen molar-refractivity contribution < 1.29 is 9.47 Å². The number of allylic oxidation sites excluding steroid dienone is 3. The standard InChI is InChI=1S/C14H25NO2/c1-3-14(2)6-4-10-16-11-5-7-15-8-12-17-13-9-15/h3-4,6H,5,7-13H2,1-2H3/b6-4-,14-3-. The summed E-state index contributed by atoms with van der Waals surface area (Å²) in [6.07, 6.45) is 7.37. The zero-order valence-corrected chi connectivity index (χ0v) is 11.2. The summed E-state index contributed by atoms with van der Waals surface area (Å²) < 4.78 is 10.9. The first-order valence-corrected chi connectivity index (χ1v) is 6.50. The molecule has 3 heteroatoms. The Hall–Kier alpha value is -0.640. The third kappa shape index (κ3) is 7.31. The fourth-order valence-corrected chi connectivity index (χ4v) is 1.70. The van der Waals surface area contributed by atoms with Crippen LogP contribution in [0.25, 0.3) is 0 Å². The van der Waals surface area contributed by atoms with Crippen LogP contribution >= 0.6 is 0 Å². The van der Waals surface area contributed by atoms with Crippen LogP contribution in [0.1, 0.15) is 20.3 Å². The summed E-state index contributed by atoms with van der Waals surface area (Å²) in [6.45, 7) is 10.7. The van der Waals surface area contributed by atoms with Gasteiger partial charge in [0.25, 0.3) is 0 Å². The number of rotatable bonds is 7. The molecule has 0 bridgehead atoms. The van der Waals surface area contributed by atoms with Crippen molar-refractivity contribution in [3.63, 3.8) is 0 Å². The van der Waals surface area contributed by atoms with Gasteiger partial charge in [-0.2, -0.15) is 0 Å². The van der Waals surface area contributed by atoms with Crippen LogP contribution in [0.2, 0.25) is 0 Å². The van der Waals surface area contributed by atoms with E-state index in [0.717, 1.165) is 45.9 Å². The summed E-state index contributed by atoms with van der Waals surface area (Å²) >= 11 is 0. The lowest BCUT2D eigenvalue weighted by Crippen LogP contribution is -2.37. The maximum atomic E-state index is 5.55. The molecule has 0 atom stereocenters. The van der Waals surface area contributed by atoms with Crippen molar-refractivity contribution in [2.24, 2.45) is 0 Å². The molecule has 0 unspecified atom stereocenters. The molecule has 0 amide bonds. The molecule has 0 saturated carbocycles. The molecule has 1 aliphatic rings. The lowest BCUT2D eigenvalue weighted by Gasteiger charge is -2.26.